The lowest BCUT2D eigenvalue weighted by atomic mass is 10.1. The van der Waals surface area contributed by atoms with Crippen molar-refractivity contribution >= 4 is 5.91 Å². The molecule has 0 N–H and O–H groups in total. The van der Waals surface area contributed by atoms with Gasteiger partial charge in [0.2, 0.25) is 0 Å². The van der Waals surface area contributed by atoms with Crippen LogP contribution in [0.5, 0.6) is 0 Å². The average Bonchev–Trinajstić information content (AvgIpc) is 3.22. The maximum Gasteiger partial charge on any atom is 0.254 e. The molecule has 23 heavy (non-hydrogen) atoms. The summed E-state index contributed by atoms with van der Waals surface area (Å²) in [5, 5.41) is 0. The van der Waals surface area contributed by atoms with E-state index in [1.807, 2.05) is 0 Å². The molecule has 118 valence electrons. The number of amides is 1. The zero-order chi connectivity index (χ0) is 16.2. The van der Waals surface area contributed by atoms with E-state index in [4.69, 9.17) is 8.83 Å². The minimum atomic E-state index is -0.396. The molecule has 0 saturated carbocycles. The van der Waals surface area contributed by atoms with E-state index in [2.05, 4.69) is 0 Å². The molecule has 0 atom stereocenters. The van der Waals surface area contributed by atoms with Crippen LogP contribution in [-0.4, -0.2) is 10.8 Å². The van der Waals surface area contributed by atoms with Crippen LogP contribution in [0.1, 0.15) is 27.4 Å². The highest BCUT2D eigenvalue weighted by molar-refractivity contribution is 5.94. The van der Waals surface area contributed by atoms with E-state index in [0.717, 1.165) is 0 Å². The van der Waals surface area contributed by atoms with Crippen molar-refractivity contribution in [3.05, 3.63) is 83.5 Å². The molecule has 0 aliphatic carbocycles. The normalized spacial score (nSPS) is 10.7. The molecular formula is C18H16FNO3. The number of hydrogen-bond donors (Lipinski definition) is 0. The lowest BCUT2D eigenvalue weighted by molar-refractivity contribution is 0.0704. The molecule has 2 heterocycles. The molecule has 0 aliphatic heterocycles. The van der Waals surface area contributed by atoms with Crippen LogP contribution in [0.4, 0.5) is 4.39 Å². The van der Waals surface area contributed by atoms with Gasteiger partial charge in [0.1, 0.15) is 17.3 Å². The van der Waals surface area contributed by atoms with E-state index in [9.17, 15) is 9.18 Å². The van der Waals surface area contributed by atoms with Gasteiger partial charge in [0.25, 0.3) is 5.91 Å². The smallest absolute Gasteiger partial charge is 0.254 e. The van der Waals surface area contributed by atoms with Gasteiger partial charge in [0, 0.05) is 5.56 Å². The first kappa shape index (κ1) is 15.1. The molecule has 0 spiro atoms. The van der Waals surface area contributed by atoms with E-state index in [1.54, 1.807) is 60.7 Å². The third-order valence-corrected chi connectivity index (χ3v) is 3.56. The van der Waals surface area contributed by atoms with Gasteiger partial charge >= 0.3 is 0 Å². The summed E-state index contributed by atoms with van der Waals surface area (Å²) in [6, 6.07) is 11.6. The van der Waals surface area contributed by atoms with Gasteiger partial charge in [-0.25, -0.2) is 4.39 Å². The summed E-state index contributed by atoms with van der Waals surface area (Å²) in [5.74, 6) is 0.624. The zero-order valence-corrected chi connectivity index (χ0v) is 12.7. The molecule has 5 heteroatoms. The van der Waals surface area contributed by atoms with E-state index in [0.29, 0.717) is 22.6 Å². The molecule has 3 aromatic rings. The highest BCUT2D eigenvalue weighted by atomic mass is 19.1. The Kier molecular flexibility index (Phi) is 4.28. The summed E-state index contributed by atoms with van der Waals surface area (Å²) in [6.07, 6.45) is 3.10. The van der Waals surface area contributed by atoms with Crippen molar-refractivity contribution in [2.45, 2.75) is 20.0 Å². The number of carbonyl (C=O) groups excluding carboxylic acids is 1. The molecule has 3 rings (SSSR count). The molecule has 1 amide bonds. The summed E-state index contributed by atoms with van der Waals surface area (Å²) in [4.78, 5) is 14.3. The highest BCUT2D eigenvalue weighted by Gasteiger charge is 2.19. The number of benzene rings is 1. The molecule has 0 unspecified atom stereocenters. The molecule has 0 aliphatic rings. The molecule has 0 saturated heterocycles. The van der Waals surface area contributed by atoms with Crippen LogP contribution in [-0.2, 0) is 13.1 Å². The lowest BCUT2D eigenvalue weighted by Crippen LogP contribution is -2.30. The van der Waals surface area contributed by atoms with Gasteiger partial charge in [0.05, 0.1) is 25.6 Å². The van der Waals surface area contributed by atoms with E-state index in [-0.39, 0.29) is 19.0 Å². The standard InChI is InChI=1S/C18H16FNO3/c1-13-6-7-14(10-17(13)19)18(21)20(11-15-4-2-8-22-15)12-16-5-3-9-23-16/h2-10H,11-12H2,1H3. The summed E-state index contributed by atoms with van der Waals surface area (Å²) < 4.78 is 24.4. The van der Waals surface area contributed by atoms with Gasteiger partial charge < -0.3 is 13.7 Å². The molecule has 0 fully saturated rings. The first-order chi connectivity index (χ1) is 11.1. The quantitative estimate of drug-likeness (QED) is 0.710. The van der Waals surface area contributed by atoms with Crippen molar-refractivity contribution in [1.82, 2.24) is 4.90 Å². The number of aryl methyl sites for hydroxylation is 1. The molecule has 0 bridgehead atoms. The summed E-state index contributed by atoms with van der Waals surface area (Å²) >= 11 is 0. The van der Waals surface area contributed by atoms with Gasteiger partial charge in [-0.15, -0.1) is 0 Å². The van der Waals surface area contributed by atoms with Gasteiger partial charge in [-0.05, 0) is 48.9 Å². The van der Waals surface area contributed by atoms with Crippen LogP contribution in [0.2, 0.25) is 0 Å². The number of halogens is 1. The number of carbonyl (C=O) groups is 1. The topological polar surface area (TPSA) is 46.6 Å². The average molecular weight is 313 g/mol. The fraction of sp³-hybridized carbons (Fsp3) is 0.167. The maximum absolute atomic E-state index is 13.7. The molecular weight excluding hydrogens is 297 g/mol. The van der Waals surface area contributed by atoms with Crippen molar-refractivity contribution in [2.75, 3.05) is 0 Å². The fourth-order valence-electron chi connectivity index (χ4n) is 2.29. The van der Waals surface area contributed by atoms with Crippen molar-refractivity contribution in [3.63, 3.8) is 0 Å². The largest absolute Gasteiger partial charge is 0.467 e. The van der Waals surface area contributed by atoms with Gasteiger partial charge in [0.15, 0.2) is 0 Å². The van der Waals surface area contributed by atoms with Gasteiger partial charge in [-0.2, -0.15) is 0 Å². The Bertz CT molecular complexity index is 742. The first-order valence-corrected chi connectivity index (χ1v) is 7.23. The SMILES string of the molecule is Cc1ccc(C(=O)N(Cc2ccco2)Cc2ccco2)cc1F. The summed E-state index contributed by atoms with van der Waals surface area (Å²) in [5.41, 5.74) is 0.802. The number of hydrogen-bond acceptors (Lipinski definition) is 3. The second-order valence-corrected chi connectivity index (χ2v) is 5.28. The Labute approximate surface area is 133 Å². The predicted molar refractivity (Wildman–Crippen MR) is 82.1 cm³/mol. The third-order valence-electron chi connectivity index (χ3n) is 3.56. The van der Waals surface area contributed by atoms with Crippen LogP contribution < -0.4 is 0 Å². The number of furan rings is 2. The second kappa shape index (κ2) is 6.52. The molecule has 4 nitrogen and oxygen atoms in total. The Morgan fingerprint density at radius 3 is 2.13 bits per heavy atom. The van der Waals surface area contributed by atoms with Crippen LogP contribution in [0.15, 0.2) is 63.8 Å². The van der Waals surface area contributed by atoms with Crippen LogP contribution in [0.3, 0.4) is 0 Å². The third kappa shape index (κ3) is 3.51. The predicted octanol–water partition coefficient (Wildman–Crippen LogP) is 4.16. The Balaban J connectivity index is 1.86. The van der Waals surface area contributed by atoms with Crippen molar-refractivity contribution in [3.8, 4) is 0 Å². The van der Waals surface area contributed by atoms with Gasteiger partial charge in [-0.1, -0.05) is 6.07 Å². The zero-order valence-electron chi connectivity index (χ0n) is 12.7. The van der Waals surface area contributed by atoms with Crippen molar-refractivity contribution in [2.24, 2.45) is 0 Å². The molecule has 1 aromatic carbocycles. The van der Waals surface area contributed by atoms with E-state index >= 15 is 0 Å². The Hall–Kier alpha value is -2.82. The Morgan fingerprint density at radius 2 is 1.65 bits per heavy atom. The summed E-state index contributed by atoms with van der Waals surface area (Å²) in [7, 11) is 0. The second-order valence-electron chi connectivity index (χ2n) is 5.28. The van der Waals surface area contributed by atoms with Crippen molar-refractivity contribution < 1.29 is 18.0 Å². The monoisotopic (exact) mass is 313 g/mol. The maximum atomic E-state index is 13.7. The lowest BCUT2D eigenvalue weighted by Gasteiger charge is -2.21. The number of nitrogens with zero attached hydrogens (tertiary/aromatic N) is 1. The van der Waals surface area contributed by atoms with Crippen LogP contribution in [0.25, 0.3) is 0 Å². The highest BCUT2D eigenvalue weighted by Crippen LogP contribution is 2.17. The number of rotatable bonds is 5. The molecule has 2 aromatic heterocycles. The van der Waals surface area contributed by atoms with E-state index < -0.39 is 5.82 Å². The van der Waals surface area contributed by atoms with Crippen molar-refractivity contribution in [1.29, 1.82) is 0 Å². The molecule has 0 radical (unpaired) electrons. The Morgan fingerprint density at radius 1 is 1.04 bits per heavy atom. The minimum absolute atomic E-state index is 0.280. The fourth-order valence-corrected chi connectivity index (χ4v) is 2.29. The van der Waals surface area contributed by atoms with Crippen LogP contribution in [0, 0.1) is 12.7 Å². The minimum Gasteiger partial charge on any atom is -0.467 e. The van der Waals surface area contributed by atoms with Crippen LogP contribution >= 0.6 is 0 Å². The summed E-state index contributed by atoms with van der Waals surface area (Å²) in [6.45, 7) is 2.22. The van der Waals surface area contributed by atoms with Gasteiger partial charge in [-0.3, -0.25) is 4.79 Å². The first-order valence-electron chi connectivity index (χ1n) is 7.23. The van der Waals surface area contributed by atoms with E-state index in [1.165, 1.54) is 6.07 Å².